The first-order valence-electron chi connectivity index (χ1n) is 15.0. The van der Waals surface area contributed by atoms with Gasteiger partial charge in [0.15, 0.2) is 5.78 Å². The lowest BCUT2D eigenvalue weighted by Crippen LogP contribution is -2.45. The molecule has 1 aliphatic rings. The number of ketones is 1. The van der Waals surface area contributed by atoms with E-state index in [-0.39, 0.29) is 28.3 Å². The second kappa shape index (κ2) is 11.8. The third-order valence-corrected chi connectivity index (χ3v) is 9.17. The van der Waals surface area contributed by atoms with Crippen molar-refractivity contribution in [2.45, 2.75) is 70.3 Å². The third-order valence-electron chi connectivity index (χ3n) is 7.86. The molecule has 2 heterocycles. The van der Waals surface area contributed by atoms with Crippen LogP contribution in [0.3, 0.4) is 0 Å². The Morgan fingerprint density at radius 1 is 0.864 bits per heavy atom. The Kier molecular flexibility index (Phi) is 8.37. The van der Waals surface area contributed by atoms with Crippen molar-refractivity contribution < 1.29 is 22.7 Å². The SMILES string of the molecule is CC(C)(C)OC(=O)N1CCCC(C(=O)c2c(-c3ccccc3)c3ccccc3n2NS(=O)(=O)c2ccc(C(C)(C)C)cc2)C1. The van der Waals surface area contributed by atoms with E-state index >= 15 is 0 Å². The minimum Gasteiger partial charge on any atom is -0.444 e. The average molecular weight is 616 g/mol. The smallest absolute Gasteiger partial charge is 0.410 e. The van der Waals surface area contributed by atoms with Gasteiger partial charge in [0, 0.05) is 30.0 Å². The van der Waals surface area contributed by atoms with Crippen LogP contribution < -0.4 is 4.83 Å². The van der Waals surface area contributed by atoms with Crippen molar-refractivity contribution in [2.24, 2.45) is 5.92 Å². The minimum atomic E-state index is -4.09. The van der Waals surface area contributed by atoms with Crippen molar-refractivity contribution in [3.8, 4) is 11.1 Å². The molecule has 1 aromatic heterocycles. The molecule has 9 heteroatoms. The molecule has 232 valence electrons. The number of piperidine rings is 1. The van der Waals surface area contributed by atoms with Gasteiger partial charge in [-0.15, -0.1) is 0 Å². The molecule has 3 aromatic carbocycles. The molecule has 0 spiro atoms. The number of aromatic nitrogens is 1. The molecule has 5 rings (SSSR count). The van der Waals surface area contributed by atoms with Crippen molar-refractivity contribution >= 4 is 32.8 Å². The van der Waals surface area contributed by atoms with Crippen molar-refractivity contribution in [3.63, 3.8) is 0 Å². The highest BCUT2D eigenvalue weighted by molar-refractivity contribution is 7.92. The lowest BCUT2D eigenvalue weighted by atomic mass is 9.87. The summed E-state index contributed by atoms with van der Waals surface area (Å²) < 4.78 is 34.7. The molecule has 1 N–H and O–H groups in total. The van der Waals surface area contributed by atoms with Gasteiger partial charge in [0.05, 0.1) is 10.4 Å². The van der Waals surface area contributed by atoms with E-state index in [9.17, 15) is 18.0 Å². The fraction of sp³-hybridized carbons (Fsp3) is 0.371. The van der Waals surface area contributed by atoms with Gasteiger partial charge in [-0.3, -0.25) is 4.79 Å². The highest BCUT2D eigenvalue weighted by Crippen LogP contribution is 2.37. The van der Waals surface area contributed by atoms with Crippen LogP contribution >= 0.6 is 0 Å². The molecule has 0 aliphatic carbocycles. The Bertz CT molecular complexity index is 1780. The van der Waals surface area contributed by atoms with Crippen molar-refractivity contribution in [2.75, 3.05) is 17.9 Å². The quantitative estimate of drug-likeness (QED) is 0.229. The maximum Gasteiger partial charge on any atom is 0.410 e. The number of Topliss-reactive ketones (excluding diaryl/α,β-unsaturated/α-hetero) is 1. The van der Waals surface area contributed by atoms with E-state index in [1.165, 1.54) is 4.68 Å². The highest BCUT2D eigenvalue weighted by atomic mass is 32.2. The highest BCUT2D eigenvalue weighted by Gasteiger charge is 2.36. The molecule has 1 amide bonds. The number of nitrogens with zero attached hydrogens (tertiary/aromatic N) is 2. The predicted octanol–water partition coefficient (Wildman–Crippen LogP) is 7.37. The number of ether oxygens (including phenoxy) is 1. The van der Waals surface area contributed by atoms with Gasteiger partial charge in [-0.05, 0) is 68.4 Å². The molecule has 4 aromatic rings. The maximum absolute atomic E-state index is 14.6. The maximum atomic E-state index is 14.6. The summed E-state index contributed by atoms with van der Waals surface area (Å²) in [6.07, 6.45) is 0.732. The fourth-order valence-electron chi connectivity index (χ4n) is 5.65. The molecule has 44 heavy (non-hydrogen) atoms. The monoisotopic (exact) mass is 615 g/mol. The zero-order valence-corrected chi connectivity index (χ0v) is 27.1. The molecule has 0 bridgehead atoms. The van der Waals surface area contributed by atoms with Gasteiger partial charge in [-0.2, -0.15) is 8.42 Å². The second-order valence-electron chi connectivity index (χ2n) is 13.4. The van der Waals surface area contributed by atoms with E-state index in [2.05, 4.69) is 25.6 Å². The van der Waals surface area contributed by atoms with Crippen LogP contribution in [0.4, 0.5) is 4.79 Å². The van der Waals surface area contributed by atoms with Crippen LogP contribution in [0.5, 0.6) is 0 Å². The summed E-state index contributed by atoms with van der Waals surface area (Å²) in [5, 5.41) is 0.743. The molecule has 0 saturated carbocycles. The van der Waals surface area contributed by atoms with Gasteiger partial charge in [-0.25, -0.2) is 14.3 Å². The first kappa shape index (κ1) is 31.3. The van der Waals surface area contributed by atoms with Crippen LogP contribution in [0.2, 0.25) is 0 Å². The van der Waals surface area contributed by atoms with Gasteiger partial charge < -0.3 is 9.64 Å². The van der Waals surface area contributed by atoms with Crippen LogP contribution in [-0.4, -0.2) is 48.6 Å². The van der Waals surface area contributed by atoms with Gasteiger partial charge >= 0.3 is 6.09 Å². The summed E-state index contributed by atoms with van der Waals surface area (Å²) in [4.78, 5) is 31.9. The van der Waals surface area contributed by atoms with Crippen molar-refractivity contribution in [3.05, 3.63) is 90.1 Å². The number of benzene rings is 3. The van der Waals surface area contributed by atoms with Crippen molar-refractivity contribution in [1.29, 1.82) is 0 Å². The van der Waals surface area contributed by atoms with Gasteiger partial charge in [0.2, 0.25) is 0 Å². The molecule has 8 nitrogen and oxygen atoms in total. The van der Waals surface area contributed by atoms with E-state index < -0.39 is 27.6 Å². The topological polar surface area (TPSA) is 97.7 Å². The Balaban J connectivity index is 1.61. The Labute approximate surface area is 260 Å². The van der Waals surface area contributed by atoms with E-state index in [1.807, 2.05) is 81.4 Å². The van der Waals surface area contributed by atoms with Crippen molar-refractivity contribution in [1.82, 2.24) is 9.58 Å². The zero-order chi connectivity index (χ0) is 31.9. The standard InChI is InChI=1S/C35H41N3O5S/c1-34(2,3)26-18-20-27(21-19-26)44(41,42)36-38-29-17-11-10-16-28(29)30(24-13-8-7-9-14-24)31(38)32(39)25-15-12-22-37(23-25)33(40)43-35(4,5)6/h7-11,13-14,16-21,25,36H,12,15,22-23H2,1-6H3. The molecule has 1 fully saturated rings. The molecular formula is C35H41N3O5S. The number of likely N-dealkylation sites (tertiary alicyclic amines) is 1. The second-order valence-corrected chi connectivity index (χ2v) is 15.1. The Morgan fingerprint density at radius 2 is 1.50 bits per heavy atom. The van der Waals surface area contributed by atoms with E-state index in [0.717, 1.165) is 16.5 Å². The molecule has 1 aliphatic heterocycles. The Hall–Kier alpha value is -4.11. The van der Waals surface area contributed by atoms with Crippen LogP contribution in [0.25, 0.3) is 22.0 Å². The normalized spacial score (nSPS) is 16.1. The summed E-state index contributed by atoms with van der Waals surface area (Å²) in [7, 11) is -4.09. The number of amides is 1. The molecular weight excluding hydrogens is 574 g/mol. The number of para-hydroxylation sites is 1. The lowest BCUT2D eigenvalue weighted by molar-refractivity contribution is 0.0171. The summed E-state index contributed by atoms with van der Waals surface area (Å²) in [5.41, 5.74) is 2.45. The van der Waals surface area contributed by atoms with Crippen LogP contribution in [0, 0.1) is 5.92 Å². The van der Waals surface area contributed by atoms with Crippen LogP contribution in [0.1, 0.15) is 70.4 Å². The number of sulfonamides is 1. The third kappa shape index (κ3) is 6.53. The van der Waals surface area contributed by atoms with Gasteiger partial charge in [0.25, 0.3) is 10.0 Å². The lowest BCUT2D eigenvalue weighted by Gasteiger charge is -2.33. The van der Waals surface area contributed by atoms with Crippen LogP contribution in [-0.2, 0) is 20.2 Å². The van der Waals surface area contributed by atoms with Gasteiger partial charge in [-0.1, -0.05) is 81.4 Å². The largest absolute Gasteiger partial charge is 0.444 e. The number of hydrogen-bond donors (Lipinski definition) is 1. The number of fused-ring (bicyclic) bond motifs is 1. The van der Waals surface area contributed by atoms with E-state index in [4.69, 9.17) is 4.74 Å². The molecule has 0 radical (unpaired) electrons. The summed E-state index contributed by atoms with van der Waals surface area (Å²) >= 11 is 0. The summed E-state index contributed by atoms with van der Waals surface area (Å²) in [6.45, 7) is 12.3. The number of rotatable bonds is 6. The first-order valence-corrected chi connectivity index (χ1v) is 16.5. The van der Waals surface area contributed by atoms with E-state index in [0.29, 0.717) is 30.5 Å². The molecule has 1 saturated heterocycles. The van der Waals surface area contributed by atoms with E-state index in [1.54, 1.807) is 23.1 Å². The predicted molar refractivity (Wildman–Crippen MR) is 174 cm³/mol. The molecule has 1 unspecified atom stereocenters. The number of carbonyl (C=O) groups is 2. The average Bonchev–Trinajstić information content (AvgIpc) is 3.29. The number of nitrogens with one attached hydrogen (secondary N) is 1. The summed E-state index contributed by atoms with van der Waals surface area (Å²) in [5.74, 6) is -0.781. The first-order chi connectivity index (χ1) is 20.7. The Morgan fingerprint density at radius 3 is 2.14 bits per heavy atom. The fourth-order valence-corrected chi connectivity index (χ4v) is 6.68. The zero-order valence-electron chi connectivity index (χ0n) is 26.3. The van der Waals surface area contributed by atoms with Crippen LogP contribution in [0.15, 0.2) is 83.8 Å². The number of carbonyl (C=O) groups excluding carboxylic acids is 2. The minimum absolute atomic E-state index is 0.0942. The summed E-state index contributed by atoms with van der Waals surface area (Å²) in [6, 6.07) is 23.7. The number of hydrogen-bond acceptors (Lipinski definition) is 5. The van der Waals surface area contributed by atoms with Gasteiger partial charge in [0.1, 0.15) is 11.3 Å². The molecule has 1 atom stereocenters.